The number of hydrogen-bond acceptors (Lipinski definition) is 5. The van der Waals surface area contributed by atoms with Gasteiger partial charge in [0, 0.05) is 23.5 Å². The fourth-order valence-electron chi connectivity index (χ4n) is 5.92. The molecule has 1 aliphatic rings. The van der Waals surface area contributed by atoms with E-state index in [2.05, 4.69) is 21.2 Å². The summed E-state index contributed by atoms with van der Waals surface area (Å²) < 4.78 is 35.6. The van der Waals surface area contributed by atoms with Crippen LogP contribution in [0.2, 0.25) is 0 Å². The van der Waals surface area contributed by atoms with E-state index < -0.39 is 28.5 Å². The molecule has 0 spiro atoms. The number of hydrogen-bond donors (Lipinski definition) is 1. The zero-order chi connectivity index (χ0) is 33.2. The summed E-state index contributed by atoms with van der Waals surface area (Å²) in [5, 5.41) is 3.24. The minimum atomic E-state index is -4.16. The van der Waals surface area contributed by atoms with Gasteiger partial charge in [0.05, 0.1) is 17.7 Å². The zero-order valence-corrected chi connectivity index (χ0v) is 28.8. The highest BCUT2D eigenvalue weighted by Crippen LogP contribution is 2.27. The summed E-state index contributed by atoms with van der Waals surface area (Å²) in [4.78, 5) is 30.5. The fraction of sp³-hybridized carbons (Fsp3) is 0.297. The number of halogens is 1. The van der Waals surface area contributed by atoms with Gasteiger partial charge >= 0.3 is 0 Å². The number of carbonyl (C=O) groups is 2. The topological polar surface area (TPSA) is 96.0 Å². The Balaban J connectivity index is 1.56. The van der Waals surface area contributed by atoms with E-state index in [4.69, 9.17) is 4.74 Å². The van der Waals surface area contributed by atoms with Gasteiger partial charge in [0.25, 0.3) is 10.0 Å². The smallest absolute Gasteiger partial charge is 0.264 e. The van der Waals surface area contributed by atoms with Crippen LogP contribution in [-0.2, 0) is 32.6 Å². The number of anilines is 1. The minimum Gasteiger partial charge on any atom is -0.497 e. The number of benzene rings is 4. The molecule has 0 saturated heterocycles. The third-order valence-electron chi connectivity index (χ3n) is 8.43. The van der Waals surface area contributed by atoms with Crippen molar-refractivity contribution in [3.05, 3.63) is 125 Å². The third-order valence-corrected chi connectivity index (χ3v) is 10.8. The molecule has 0 aliphatic heterocycles. The second-order valence-electron chi connectivity index (χ2n) is 11.7. The van der Waals surface area contributed by atoms with Crippen molar-refractivity contribution in [1.29, 1.82) is 0 Å². The standard InChI is InChI=1S/C37H40BrN3O5S/c1-46-33-17-11-14-29(24-33)26-40(35(25-28-12-5-2-6-13-28)37(43)39-31-15-7-3-8-16-31)36(42)27-41(32-22-20-30(38)21-23-32)47(44,45)34-18-9-4-10-19-34/h2,4-6,9-14,17-24,31,35H,3,7-8,15-16,25-27H2,1H3,(H,39,43)/t35-/m1/s1. The zero-order valence-electron chi connectivity index (χ0n) is 26.4. The van der Waals surface area contributed by atoms with Crippen molar-refractivity contribution >= 4 is 43.5 Å². The maximum Gasteiger partial charge on any atom is 0.264 e. The number of ether oxygens (including phenoxy) is 1. The van der Waals surface area contributed by atoms with Gasteiger partial charge in [-0.1, -0.05) is 95.9 Å². The first-order valence-corrected chi connectivity index (χ1v) is 18.1. The summed E-state index contributed by atoms with van der Waals surface area (Å²) in [5.74, 6) is -0.141. The van der Waals surface area contributed by atoms with Crippen LogP contribution in [-0.4, -0.2) is 50.9 Å². The van der Waals surface area contributed by atoms with Crippen LogP contribution in [0.25, 0.3) is 0 Å². The second-order valence-corrected chi connectivity index (χ2v) is 14.5. The Kier molecular flexibility index (Phi) is 11.7. The molecule has 2 amide bonds. The number of amides is 2. The second kappa shape index (κ2) is 16.1. The van der Waals surface area contributed by atoms with Crippen LogP contribution < -0.4 is 14.4 Å². The summed E-state index contributed by atoms with van der Waals surface area (Å²) in [6.07, 6.45) is 5.27. The fourth-order valence-corrected chi connectivity index (χ4v) is 7.62. The predicted octanol–water partition coefficient (Wildman–Crippen LogP) is 6.74. The van der Waals surface area contributed by atoms with Crippen LogP contribution in [0.15, 0.2) is 119 Å². The molecule has 5 rings (SSSR count). The van der Waals surface area contributed by atoms with E-state index in [1.165, 1.54) is 17.0 Å². The number of sulfonamides is 1. The summed E-state index contributed by atoms with van der Waals surface area (Å²) >= 11 is 3.42. The molecule has 47 heavy (non-hydrogen) atoms. The van der Waals surface area contributed by atoms with Crippen molar-refractivity contribution in [2.45, 2.75) is 62.0 Å². The van der Waals surface area contributed by atoms with E-state index in [1.54, 1.807) is 49.6 Å². The van der Waals surface area contributed by atoms with E-state index >= 15 is 0 Å². The molecule has 4 aromatic carbocycles. The minimum absolute atomic E-state index is 0.0287. The van der Waals surface area contributed by atoms with Gasteiger partial charge in [-0.25, -0.2) is 8.42 Å². The number of nitrogens with zero attached hydrogens (tertiary/aromatic N) is 2. The number of carbonyl (C=O) groups excluding carboxylic acids is 2. The van der Waals surface area contributed by atoms with E-state index in [9.17, 15) is 18.0 Å². The summed E-state index contributed by atoms with van der Waals surface area (Å²) in [5.41, 5.74) is 1.97. The quantitative estimate of drug-likeness (QED) is 0.165. The lowest BCUT2D eigenvalue weighted by Gasteiger charge is -2.35. The van der Waals surface area contributed by atoms with Crippen LogP contribution >= 0.6 is 15.9 Å². The lowest BCUT2D eigenvalue weighted by atomic mass is 9.94. The van der Waals surface area contributed by atoms with Crippen LogP contribution in [0.1, 0.15) is 43.2 Å². The van der Waals surface area contributed by atoms with Crippen LogP contribution in [0.4, 0.5) is 5.69 Å². The molecular weight excluding hydrogens is 678 g/mol. The van der Waals surface area contributed by atoms with Crippen LogP contribution in [0.5, 0.6) is 5.75 Å². The van der Waals surface area contributed by atoms with Crippen molar-refractivity contribution in [2.24, 2.45) is 0 Å². The molecule has 4 aromatic rings. The maximum absolute atomic E-state index is 14.7. The highest BCUT2D eigenvalue weighted by Gasteiger charge is 2.35. The highest BCUT2D eigenvalue weighted by molar-refractivity contribution is 9.10. The van der Waals surface area contributed by atoms with Crippen molar-refractivity contribution in [3.8, 4) is 5.75 Å². The lowest BCUT2D eigenvalue weighted by Crippen LogP contribution is -2.55. The average molecular weight is 719 g/mol. The van der Waals surface area contributed by atoms with E-state index in [0.717, 1.165) is 52.0 Å². The molecule has 0 bridgehead atoms. The molecule has 1 N–H and O–H groups in total. The Hall–Kier alpha value is -4.15. The van der Waals surface area contributed by atoms with Gasteiger partial charge < -0.3 is 15.0 Å². The largest absolute Gasteiger partial charge is 0.497 e. The Labute approximate surface area is 285 Å². The van der Waals surface area contributed by atoms with Gasteiger partial charge in [-0.15, -0.1) is 0 Å². The summed E-state index contributed by atoms with van der Waals surface area (Å²) in [6, 6.07) is 30.9. The van der Waals surface area contributed by atoms with E-state index in [-0.39, 0.29) is 29.8 Å². The lowest BCUT2D eigenvalue weighted by molar-refractivity contribution is -0.140. The summed E-state index contributed by atoms with van der Waals surface area (Å²) in [7, 11) is -2.58. The molecule has 1 atom stereocenters. The first kappa shape index (κ1) is 34.2. The van der Waals surface area contributed by atoms with Gasteiger partial charge in [-0.3, -0.25) is 13.9 Å². The molecule has 0 radical (unpaired) electrons. The molecule has 246 valence electrons. The molecule has 0 unspecified atom stereocenters. The van der Waals surface area contributed by atoms with Gasteiger partial charge in [0.1, 0.15) is 18.3 Å². The predicted molar refractivity (Wildman–Crippen MR) is 188 cm³/mol. The van der Waals surface area contributed by atoms with E-state index in [1.807, 2.05) is 54.6 Å². The number of methoxy groups -OCH3 is 1. The highest BCUT2D eigenvalue weighted by atomic mass is 79.9. The molecule has 0 aromatic heterocycles. The van der Waals surface area contributed by atoms with Crippen molar-refractivity contribution < 1.29 is 22.7 Å². The average Bonchev–Trinajstić information content (AvgIpc) is 3.10. The monoisotopic (exact) mass is 717 g/mol. The molecule has 0 heterocycles. The first-order valence-electron chi connectivity index (χ1n) is 15.8. The first-order chi connectivity index (χ1) is 22.7. The summed E-state index contributed by atoms with van der Waals surface area (Å²) in [6.45, 7) is -0.435. The van der Waals surface area contributed by atoms with Crippen LogP contribution in [0.3, 0.4) is 0 Å². The Bertz CT molecular complexity index is 1730. The Morgan fingerprint density at radius 3 is 2.15 bits per heavy atom. The van der Waals surface area contributed by atoms with Crippen LogP contribution in [0, 0.1) is 0 Å². The third kappa shape index (κ3) is 9.02. The molecular formula is C37H40BrN3O5S. The van der Waals surface area contributed by atoms with Gasteiger partial charge in [-0.05, 0) is 72.5 Å². The Morgan fingerprint density at radius 2 is 1.49 bits per heavy atom. The van der Waals surface area contributed by atoms with Crippen molar-refractivity contribution in [2.75, 3.05) is 18.0 Å². The normalized spacial score (nSPS) is 14.2. The Morgan fingerprint density at radius 1 is 0.851 bits per heavy atom. The van der Waals surface area contributed by atoms with Gasteiger partial charge in [0.2, 0.25) is 11.8 Å². The van der Waals surface area contributed by atoms with Gasteiger partial charge in [0.15, 0.2) is 0 Å². The molecule has 1 aliphatic carbocycles. The van der Waals surface area contributed by atoms with Crippen molar-refractivity contribution in [3.63, 3.8) is 0 Å². The molecule has 1 fully saturated rings. The SMILES string of the molecule is COc1cccc(CN(C(=O)CN(c2ccc(Br)cc2)S(=O)(=O)c2ccccc2)[C@H](Cc2ccccc2)C(=O)NC2CCCCC2)c1. The van der Waals surface area contributed by atoms with Gasteiger partial charge in [-0.2, -0.15) is 0 Å². The maximum atomic E-state index is 14.7. The number of rotatable bonds is 13. The van der Waals surface area contributed by atoms with Crippen molar-refractivity contribution in [1.82, 2.24) is 10.2 Å². The molecule has 8 nitrogen and oxygen atoms in total. The molecule has 1 saturated carbocycles. The molecule has 10 heteroatoms. The number of nitrogens with one attached hydrogen (secondary N) is 1. The van der Waals surface area contributed by atoms with E-state index in [0.29, 0.717) is 11.4 Å².